The number of ether oxygens (including phenoxy) is 1. The summed E-state index contributed by atoms with van der Waals surface area (Å²) in [5.41, 5.74) is 0. The average molecular weight is 276 g/mol. The van der Waals surface area contributed by atoms with Crippen LogP contribution in [0.5, 0.6) is 5.88 Å². The predicted molar refractivity (Wildman–Crippen MR) is 79.2 cm³/mol. The zero-order valence-corrected chi connectivity index (χ0v) is 12.2. The molecule has 20 heavy (non-hydrogen) atoms. The zero-order valence-electron chi connectivity index (χ0n) is 12.2. The molecule has 2 heterocycles. The molecule has 1 aromatic heterocycles. The van der Waals surface area contributed by atoms with Gasteiger partial charge in [-0.2, -0.15) is 4.98 Å². The molecule has 1 aromatic rings. The number of anilines is 1. The number of hydrogen-bond acceptors (Lipinski definition) is 5. The molecule has 1 atom stereocenters. The minimum Gasteiger partial charge on any atom is -0.478 e. The topological polar surface area (TPSA) is 50.3 Å². The molecule has 2 aliphatic rings. The van der Waals surface area contributed by atoms with Crippen molar-refractivity contribution in [3.8, 4) is 5.88 Å². The van der Waals surface area contributed by atoms with Crippen LogP contribution in [0.4, 0.5) is 5.95 Å². The fourth-order valence-corrected chi connectivity index (χ4v) is 2.74. The first-order valence-corrected chi connectivity index (χ1v) is 7.79. The Morgan fingerprint density at radius 3 is 2.95 bits per heavy atom. The molecule has 1 N–H and O–H groups in total. The fourth-order valence-electron chi connectivity index (χ4n) is 2.74. The van der Waals surface area contributed by atoms with Gasteiger partial charge in [-0.1, -0.05) is 0 Å². The van der Waals surface area contributed by atoms with Crippen LogP contribution >= 0.6 is 0 Å². The molecule has 1 unspecified atom stereocenters. The number of hydrogen-bond donors (Lipinski definition) is 1. The summed E-state index contributed by atoms with van der Waals surface area (Å²) in [6.45, 7) is 5.84. The highest BCUT2D eigenvalue weighted by Gasteiger charge is 2.28. The lowest BCUT2D eigenvalue weighted by Crippen LogP contribution is -2.39. The molecular weight excluding hydrogens is 252 g/mol. The molecule has 0 aromatic carbocycles. The molecule has 0 amide bonds. The predicted octanol–water partition coefficient (Wildman–Crippen LogP) is 1.84. The monoisotopic (exact) mass is 276 g/mol. The van der Waals surface area contributed by atoms with Crippen molar-refractivity contribution in [2.75, 3.05) is 31.1 Å². The summed E-state index contributed by atoms with van der Waals surface area (Å²) in [5, 5.41) is 3.56. The maximum atomic E-state index is 5.49. The number of nitrogens with one attached hydrogen (secondary N) is 1. The molecule has 5 nitrogen and oxygen atoms in total. The summed E-state index contributed by atoms with van der Waals surface area (Å²) >= 11 is 0. The van der Waals surface area contributed by atoms with Gasteiger partial charge >= 0.3 is 0 Å². The van der Waals surface area contributed by atoms with Crippen molar-refractivity contribution in [3.05, 3.63) is 12.3 Å². The van der Waals surface area contributed by atoms with Crippen molar-refractivity contribution in [2.24, 2.45) is 5.92 Å². The second kappa shape index (κ2) is 6.39. The van der Waals surface area contributed by atoms with Crippen LogP contribution < -0.4 is 15.0 Å². The van der Waals surface area contributed by atoms with E-state index in [0.29, 0.717) is 18.5 Å². The van der Waals surface area contributed by atoms with Gasteiger partial charge in [0.25, 0.3) is 0 Å². The molecule has 1 aliphatic heterocycles. The minimum absolute atomic E-state index is 0.577. The van der Waals surface area contributed by atoms with E-state index in [1.54, 1.807) is 6.20 Å². The quantitative estimate of drug-likeness (QED) is 0.823. The highest BCUT2D eigenvalue weighted by Crippen LogP contribution is 2.31. The Labute approximate surface area is 120 Å². The SMILES string of the molecule is CCOc1ccnc(N(CC2CC2)CC2CCCN2)n1. The van der Waals surface area contributed by atoms with Crippen molar-refractivity contribution in [2.45, 2.75) is 38.6 Å². The van der Waals surface area contributed by atoms with Crippen molar-refractivity contribution < 1.29 is 4.74 Å². The van der Waals surface area contributed by atoms with E-state index in [4.69, 9.17) is 4.74 Å². The van der Waals surface area contributed by atoms with E-state index in [1.807, 2.05) is 13.0 Å². The second-order valence-corrected chi connectivity index (χ2v) is 5.77. The maximum absolute atomic E-state index is 5.49. The molecule has 3 rings (SSSR count). The van der Waals surface area contributed by atoms with E-state index in [9.17, 15) is 0 Å². The van der Waals surface area contributed by atoms with E-state index in [1.165, 1.54) is 25.7 Å². The third-order valence-corrected chi connectivity index (χ3v) is 3.97. The van der Waals surface area contributed by atoms with E-state index in [2.05, 4.69) is 20.2 Å². The lowest BCUT2D eigenvalue weighted by molar-refractivity contribution is 0.326. The van der Waals surface area contributed by atoms with Gasteiger partial charge in [0.15, 0.2) is 0 Å². The summed E-state index contributed by atoms with van der Waals surface area (Å²) in [6.07, 6.45) is 7.03. The van der Waals surface area contributed by atoms with Gasteiger partial charge in [-0.25, -0.2) is 4.98 Å². The minimum atomic E-state index is 0.577. The molecule has 0 radical (unpaired) electrons. The Kier molecular flexibility index (Phi) is 4.35. The van der Waals surface area contributed by atoms with Crippen molar-refractivity contribution in [1.82, 2.24) is 15.3 Å². The Morgan fingerprint density at radius 1 is 1.35 bits per heavy atom. The Hall–Kier alpha value is -1.36. The Balaban J connectivity index is 1.70. The van der Waals surface area contributed by atoms with Gasteiger partial charge in [0.2, 0.25) is 11.8 Å². The van der Waals surface area contributed by atoms with Crippen molar-refractivity contribution in [3.63, 3.8) is 0 Å². The first-order chi connectivity index (χ1) is 9.85. The summed E-state index contributed by atoms with van der Waals surface area (Å²) in [4.78, 5) is 11.3. The van der Waals surface area contributed by atoms with Gasteiger partial charge in [0, 0.05) is 31.4 Å². The van der Waals surface area contributed by atoms with Crippen LogP contribution in [-0.2, 0) is 0 Å². The van der Waals surface area contributed by atoms with Crippen LogP contribution in [0.2, 0.25) is 0 Å². The molecule has 1 aliphatic carbocycles. The summed E-state index contributed by atoms with van der Waals surface area (Å²) in [6, 6.07) is 2.41. The standard InChI is InChI=1S/C15H24N4O/c1-2-20-14-7-9-17-15(18-14)19(10-12-5-6-12)11-13-4-3-8-16-13/h7,9,12-13,16H,2-6,8,10-11H2,1H3. The van der Waals surface area contributed by atoms with Crippen LogP contribution in [0.3, 0.4) is 0 Å². The van der Waals surface area contributed by atoms with Gasteiger partial charge in [0.05, 0.1) is 6.61 Å². The van der Waals surface area contributed by atoms with Crippen molar-refractivity contribution >= 4 is 5.95 Å². The number of rotatable bonds is 7. The van der Waals surface area contributed by atoms with Gasteiger partial charge in [-0.15, -0.1) is 0 Å². The van der Waals surface area contributed by atoms with Crippen LogP contribution in [0.1, 0.15) is 32.6 Å². The fraction of sp³-hybridized carbons (Fsp3) is 0.733. The number of aromatic nitrogens is 2. The number of nitrogens with zero attached hydrogens (tertiary/aromatic N) is 3. The van der Waals surface area contributed by atoms with Crippen LogP contribution in [-0.4, -0.2) is 42.3 Å². The van der Waals surface area contributed by atoms with Gasteiger partial charge in [-0.3, -0.25) is 0 Å². The summed E-state index contributed by atoms with van der Waals surface area (Å²) in [5.74, 6) is 2.32. The highest BCUT2D eigenvalue weighted by molar-refractivity contribution is 5.33. The Morgan fingerprint density at radius 2 is 2.25 bits per heavy atom. The van der Waals surface area contributed by atoms with Gasteiger partial charge in [-0.05, 0) is 45.1 Å². The maximum Gasteiger partial charge on any atom is 0.228 e. The van der Waals surface area contributed by atoms with Crippen LogP contribution in [0, 0.1) is 5.92 Å². The van der Waals surface area contributed by atoms with E-state index >= 15 is 0 Å². The molecule has 0 bridgehead atoms. The third-order valence-electron chi connectivity index (χ3n) is 3.97. The molecule has 1 saturated heterocycles. The summed E-state index contributed by atoms with van der Waals surface area (Å²) in [7, 11) is 0. The Bertz CT molecular complexity index is 430. The van der Waals surface area contributed by atoms with Crippen molar-refractivity contribution in [1.29, 1.82) is 0 Å². The second-order valence-electron chi connectivity index (χ2n) is 5.77. The normalized spacial score (nSPS) is 21.9. The third kappa shape index (κ3) is 3.60. The highest BCUT2D eigenvalue weighted by atomic mass is 16.5. The lowest BCUT2D eigenvalue weighted by Gasteiger charge is -2.26. The first-order valence-electron chi connectivity index (χ1n) is 7.79. The average Bonchev–Trinajstić information content (AvgIpc) is 3.12. The summed E-state index contributed by atoms with van der Waals surface area (Å²) < 4.78 is 5.49. The first kappa shape index (κ1) is 13.6. The molecule has 2 fully saturated rings. The molecule has 0 spiro atoms. The molecule has 5 heteroatoms. The molecule has 1 saturated carbocycles. The smallest absolute Gasteiger partial charge is 0.228 e. The van der Waals surface area contributed by atoms with E-state index in [-0.39, 0.29) is 0 Å². The lowest BCUT2D eigenvalue weighted by atomic mass is 10.2. The molecule has 110 valence electrons. The zero-order chi connectivity index (χ0) is 13.8. The van der Waals surface area contributed by atoms with Gasteiger partial charge in [0.1, 0.15) is 0 Å². The largest absolute Gasteiger partial charge is 0.478 e. The van der Waals surface area contributed by atoms with E-state index in [0.717, 1.165) is 31.5 Å². The van der Waals surface area contributed by atoms with E-state index < -0.39 is 0 Å². The van der Waals surface area contributed by atoms with Crippen LogP contribution in [0.25, 0.3) is 0 Å². The van der Waals surface area contributed by atoms with Crippen LogP contribution in [0.15, 0.2) is 12.3 Å². The van der Waals surface area contributed by atoms with Gasteiger partial charge < -0.3 is 15.0 Å². The molecular formula is C15H24N4O.